The minimum Gasteiger partial charge on any atom is -0.493 e. The minimum atomic E-state index is -3.06. The lowest BCUT2D eigenvalue weighted by molar-refractivity contribution is -0.162. The zero-order valence-corrected chi connectivity index (χ0v) is 12.9. The van der Waals surface area contributed by atoms with Gasteiger partial charge in [0.05, 0.1) is 7.11 Å². The van der Waals surface area contributed by atoms with Crippen molar-refractivity contribution in [3.63, 3.8) is 0 Å². The Balaban J connectivity index is 2.14. The van der Waals surface area contributed by atoms with Gasteiger partial charge >= 0.3 is 12.6 Å². The first-order chi connectivity index (χ1) is 11.3. The molecule has 0 spiro atoms. The number of rotatable bonds is 5. The van der Waals surface area contributed by atoms with Gasteiger partial charge in [-0.25, -0.2) is 4.79 Å². The molecule has 9 heteroatoms. The van der Waals surface area contributed by atoms with Crippen molar-refractivity contribution in [1.29, 1.82) is 0 Å². The molecule has 24 heavy (non-hydrogen) atoms. The van der Waals surface area contributed by atoms with Gasteiger partial charge in [0.25, 0.3) is 5.91 Å². The van der Waals surface area contributed by atoms with Crippen LogP contribution in [0.1, 0.15) is 23.2 Å². The minimum absolute atomic E-state index is 0.0404. The van der Waals surface area contributed by atoms with Crippen LogP contribution in [0.2, 0.25) is 0 Å². The molecule has 1 heterocycles. The van der Waals surface area contributed by atoms with Crippen LogP contribution in [0, 0.1) is 0 Å². The number of likely N-dealkylation sites (tertiary alicyclic amines) is 1. The molecule has 0 saturated carbocycles. The van der Waals surface area contributed by atoms with Crippen molar-refractivity contribution in [3.8, 4) is 11.5 Å². The number of alkyl halides is 2. The van der Waals surface area contributed by atoms with Crippen LogP contribution in [0.4, 0.5) is 8.78 Å². The SMILES string of the molecule is COc1ccc(C(=O)N2CCC(O)(C(=O)O)CC2)cc1OC(F)F. The fourth-order valence-corrected chi connectivity index (χ4v) is 2.47. The van der Waals surface area contributed by atoms with E-state index in [1.807, 2.05) is 0 Å². The highest BCUT2D eigenvalue weighted by Gasteiger charge is 2.40. The molecule has 1 saturated heterocycles. The van der Waals surface area contributed by atoms with Crippen LogP contribution in [0.15, 0.2) is 18.2 Å². The van der Waals surface area contributed by atoms with Gasteiger partial charge in [-0.2, -0.15) is 8.78 Å². The molecular formula is C15H17F2NO6. The fourth-order valence-electron chi connectivity index (χ4n) is 2.47. The first-order valence-corrected chi connectivity index (χ1v) is 7.15. The average molecular weight is 345 g/mol. The number of benzene rings is 1. The topological polar surface area (TPSA) is 96.3 Å². The number of aliphatic carboxylic acids is 1. The Hall–Kier alpha value is -2.42. The number of carboxylic acids is 1. The standard InChI is InChI=1S/C15H17F2NO6/c1-23-10-3-2-9(8-11(10)24-14(16)17)12(19)18-6-4-15(22,5-7-18)13(20)21/h2-3,8,14,22H,4-7H2,1H3,(H,20,21). The van der Waals surface area contributed by atoms with E-state index in [9.17, 15) is 23.5 Å². The Morgan fingerprint density at radius 3 is 2.38 bits per heavy atom. The van der Waals surface area contributed by atoms with Crippen LogP contribution in [0.5, 0.6) is 11.5 Å². The average Bonchev–Trinajstić information content (AvgIpc) is 2.54. The zero-order chi connectivity index (χ0) is 17.9. The van der Waals surface area contributed by atoms with Crippen molar-refractivity contribution in [3.05, 3.63) is 23.8 Å². The largest absolute Gasteiger partial charge is 0.493 e. The van der Waals surface area contributed by atoms with Gasteiger partial charge in [0.2, 0.25) is 0 Å². The monoisotopic (exact) mass is 345 g/mol. The Morgan fingerprint density at radius 1 is 1.25 bits per heavy atom. The summed E-state index contributed by atoms with van der Waals surface area (Å²) in [4.78, 5) is 24.8. The molecule has 0 radical (unpaired) electrons. The number of methoxy groups -OCH3 is 1. The van der Waals surface area contributed by atoms with Gasteiger partial charge in [0.15, 0.2) is 17.1 Å². The number of hydrogen-bond acceptors (Lipinski definition) is 5. The molecule has 1 fully saturated rings. The van der Waals surface area contributed by atoms with Gasteiger partial charge in [0.1, 0.15) is 0 Å². The van der Waals surface area contributed by atoms with Gasteiger partial charge in [-0.15, -0.1) is 0 Å². The molecule has 0 aromatic heterocycles. The van der Waals surface area contributed by atoms with Crippen LogP contribution < -0.4 is 9.47 Å². The van der Waals surface area contributed by atoms with E-state index in [4.69, 9.17) is 9.84 Å². The van der Waals surface area contributed by atoms with Crippen LogP contribution in [-0.2, 0) is 4.79 Å². The smallest absolute Gasteiger partial charge is 0.387 e. The maximum absolute atomic E-state index is 12.4. The summed E-state index contributed by atoms with van der Waals surface area (Å²) in [6, 6.07) is 3.88. The summed E-state index contributed by atoms with van der Waals surface area (Å²) in [5.41, 5.74) is -1.74. The van der Waals surface area contributed by atoms with Gasteiger partial charge in [0, 0.05) is 31.5 Å². The van der Waals surface area contributed by atoms with E-state index in [-0.39, 0.29) is 43.0 Å². The number of ether oxygens (including phenoxy) is 2. The lowest BCUT2D eigenvalue weighted by Gasteiger charge is -2.35. The van der Waals surface area contributed by atoms with Gasteiger partial charge in [-0.1, -0.05) is 0 Å². The first-order valence-electron chi connectivity index (χ1n) is 7.15. The van der Waals surface area contributed by atoms with Crippen molar-refractivity contribution >= 4 is 11.9 Å². The zero-order valence-electron chi connectivity index (χ0n) is 12.9. The van der Waals surface area contributed by atoms with Gasteiger partial charge < -0.3 is 24.6 Å². The predicted octanol–water partition coefficient (Wildman–Crippen LogP) is 1.35. The molecule has 0 aliphatic carbocycles. The highest BCUT2D eigenvalue weighted by atomic mass is 19.3. The Morgan fingerprint density at radius 2 is 1.88 bits per heavy atom. The lowest BCUT2D eigenvalue weighted by Crippen LogP contribution is -2.50. The molecule has 2 N–H and O–H groups in total. The Labute approximate surface area is 136 Å². The molecule has 2 rings (SSSR count). The van der Waals surface area contributed by atoms with Gasteiger partial charge in [-0.3, -0.25) is 4.79 Å². The molecule has 1 aromatic carbocycles. The van der Waals surface area contributed by atoms with Crippen molar-refractivity contribution < 1.29 is 38.1 Å². The molecule has 1 aromatic rings. The summed E-state index contributed by atoms with van der Waals surface area (Å²) in [5.74, 6) is -2.00. The highest BCUT2D eigenvalue weighted by molar-refractivity contribution is 5.95. The van der Waals surface area contributed by atoms with E-state index >= 15 is 0 Å². The number of piperidine rings is 1. The third-order valence-electron chi connectivity index (χ3n) is 3.90. The summed E-state index contributed by atoms with van der Waals surface area (Å²) in [7, 11) is 1.28. The second kappa shape index (κ2) is 7.00. The number of amides is 1. The molecule has 1 amide bonds. The molecule has 0 unspecified atom stereocenters. The van der Waals surface area contributed by atoms with E-state index < -0.39 is 24.1 Å². The summed E-state index contributed by atoms with van der Waals surface area (Å²) in [6.45, 7) is -2.98. The third kappa shape index (κ3) is 3.73. The molecule has 132 valence electrons. The van der Waals surface area contributed by atoms with Crippen molar-refractivity contribution in [1.82, 2.24) is 4.90 Å². The maximum Gasteiger partial charge on any atom is 0.387 e. The molecule has 1 aliphatic heterocycles. The quantitative estimate of drug-likeness (QED) is 0.836. The lowest BCUT2D eigenvalue weighted by atomic mass is 9.91. The number of carbonyl (C=O) groups excluding carboxylic acids is 1. The number of nitrogens with zero attached hydrogens (tertiary/aromatic N) is 1. The number of hydrogen-bond donors (Lipinski definition) is 2. The Bertz CT molecular complexity index is 628. The molecule has 7 nitrogen and oxygen atoms in total. The highest BCUT2D eigenvalue weighted by Crippen LogP contribution is 2.31. The second-order valence-electron chi connectivity index (χ2n) is 5.37. The van der Waals surface area contributed by atoms with Crippen LogP contribution in [0.3, 0.4) is 0 Å². The second-order valence-corrected chi connectivity index (χ2v) is 5.37. The van der Waals surface area contributed by atoms with E-state index in [0.717, 1.165) is 6.07 Å². The Kier molecular flexibility index (Phi) is 5.23. The van der Waals surface area contributed by atoms with E-state index in [2.05, 4.69) is 4.74 Å². The number of halogens is 2. The van der Waals surface area contributed by atoms with Crippen molar-refractivity contribution in [2.75, 3.05) is 20.2 Å². The summed E-state index contributed by atoms with van der Waals surface area (Å²) < 4.78 is 34.1. The predicted molar refractivity (Wildman–Crippen MR) is 77.3 cm³/mol. The normalized spacial score (nSPS) is 16.8. The van der Waals surface area contributed by atoms with E-state index in [1.54, 1.807) is 0 Å². The van der Waals surface area contributed by atoms with Crippen LogP contribution in [-0.4, -0.2) is 59.4 Å². The van der Waals surface area contributed by atoms with Crippen molar-refractivity contribution in [2.45, 2.75) is 25.1 Å². The maximum atomic E-state index is 12.4. The van der Waals surface area contributed by atoms with Crippen LogP contribution in [0.25, 0.3) is 0 Å². The first kappa shape index (κ1) is 17.9. The van der Waals surface area contributed by atoms with Gasteiger partial charge in [-0.05, 0) is 18.2 Å². The third-order valence-corrected chi connectivity index (χ3v) is 3.90. The molecule has 1 aliphatic rings. The molecular weight excluding hydrogens is 328 g/mol. The number of carboxylic acid groups (broad SMARTS) is 1. The summed E-state index contributed by atoms with van der Waals surface area (Å²) >= 11 is 0. The van der Waals surface area contributed by atoms with Crippen LogP contribution >= 0.6 is 0 Å². The summed E-state index contributed by atoms with van der Waals surface area (Å²) in [5, 5.41) is 18.8. The molecule has 0 atom stereocenters. The summed E-state index contributed by atoms with van der Waals surface area (Å²) in [6.07, 6.45) is -0.213. The van der Waals surface area contributed by atoms with Crippen molar-refractivity contribution in [2.24, 2.45) is 0 Å². The van der Waals surface area contributed by atoms with E-state index in [1.165, 1.54) is 24.1 Å². The number of carbonyl (C=O) groups is 2. The van der Waals surface area contributed by atoms with E-state index in [0.29, 0.717) is 0 Å². The molecule has 0 bridgehead atoms. The fraction of sp³-hybridized carbons (Fsp3) is 0.467. The number of aliphatic hydroxyl groups is 1.